The lowest BCUT2D eigenvalue weighted by atomic mass is 9.90. The highest BCUT2D eigenvalue weighted by Crippen LogP contribution is 2.48. The van der Waals surface area contributed by atoms with Crippen LogP contribution in [0.25, 0.3) is 0 Å². The number of hydrogen-bond donors (Lipinski definition) is 2. The molecule has 0 radical (unpaired) electrons. The van der Waals surface area contributed by atoms with E-state index in [0.717, 1.165) is 0 Å². The van der Waals surface area contributed by atoms with Gasteiger partial charge in [-0.05, 0) is 31.0 Å². The van der Waals surface area contributed by atoms with Crippen molar-refractivity contribution in [2.24, 2.45) is 5.92 Å². The first-order chi connectivity index (χ1) is 11.6. The van der Waals surface area contributed by atoms with Crippen LogP contribution in [0.3, 0.4) is 0 Å². The van der Waals surface area contributed by atoms with Crippen LogP contribution in [-0.4, -0.2) is 43.5 Å². The third-order valence-electron chi connectivity index (χ3n) is 3.87. The first-order valence-electron chi connectivity index (χ1n) is 7.55. The van der Waals surface area contributed by atoms with Crippen LogP contribution in [-0.2, 0) is 14.1 Å². The van der Waals surface area contributed by atoms with Crippen molar-refractivity contribution < 1.29 is 33.3 Å². The number of rotatable bonds is 10. The van der Waals surface area contributed by atoms with Gasteiger partial charge in [0.2, 0.25) is 0 Å². The van der Waals surface area contributed by atoms with Gasteiger partial charge in [-0.2, -0.15) is 0 Å². The van der Waals surface area contributed by atoms with E-state index in [1.54, 1.807) is 13.8 Å². The number of nitrogens with one attached hydrogen (secondary N) is 1. The van der Waals surface area contributed by atoms with Crippen molar-refractivity contribution >= 4 is 19.8 Å². The van der Waals surface area contributed by atoms with E-state index < -0.39 is 19.0 Å². The van der Waals surface area contributed by atoms with Gasteiger partial charge in [0.25, 0.3) is 0 Å². The average molecular weight is 373 g/mol. The minimum atomic E-state index is -3.76. The Bertz CT molecular complexity index is 676. The summed E-state index contributed by atoms with van der Waals surface area (Å²) >= 11 is 0. The number of carboxylic acid groups (broad SMARTS) is 1. The molecule has 0 heterocycles. The third-order valence-corrected chi connectivity index (χ3v) is 5.77. The number of aldehydes is 1. The average Bonchev–Trinajstić information content (AvgIpc) is 2.54. The zero-order valence-electron chi connectivity index (χ0n) is 14.9. The molecule has 25 heavy (non-hydrogen) atoms. The molecule has 0 fully saturated rings. The predicted molar refractivity (Wildman–Crippen MR) is 92.5 cm³/mol. The Morgan fingerprint density at radius 3 is 2.44 bits per heavy atom. The fourth-order valence-corrected chi connectivity index (χ4v) is 4.05. The fraction of sp³-hybridized carbons (Fsp3) is 0.500. The van der Waals surface area contributed by atoms with Crippen LogP contribution in [0.5, 0.6) is 11.5 Å². The Labute approximate surface area is 147 Å². The molecular formula is C16H24NO7P. The molecule has 0 saturated heterocycles. The highest BCUT2D eigenvalue weighted by atomic mass is 31.2. The normalized spacial score (nSPS) is 15.9. The maximum atomic E-state index is 13.2. The minimum absolute atomic E-state index is 0.109. The quantitative estimate of drug-likeness (QED) is 0.476. The first-order valence-corrected chi connectivity index (χ1v) is 9.36. The molecule has 2 N–H and O–H groups in total. The van der Waals surface area contributed by atoms with E-state index in [1.807, 2.05) is 0 Å². The third kappa shape index (κ3) is 5.04. The molecule has 1 rings (SSSR count). The Morgan fingerprint density at radius 2 is 2.00 bits per heavy atom. The van der Waals surface area contributed by atoms with Crippen LogP contribution >= 0.6 is 7.52 Å². The van der Waals surface area contributed by atoms with E-state index >= 15 is 0 Å². The maximum Gasteiger partial charge on any atom is 0.343 e. The molecular weight excluding hydrogens is 349 g/mol. The zero-order valence-corrected chi connectivity index (χ0v) is 15.8. The Hall–Kier alpha value is -1.89. The van der Waals surface area contributed by atoms with Gasteiger partial charge < -0.3 is 19.1 Å². The SMILES string of the molecule is COCP(=O)(N[C@](C)(C(=O)O)C(C)C)Oc1ccc(C=O)cc1OC. The molecule has 0 amide bonds. The van der Waals surface area contributed by atoms with Gasteiger partial charge in [-0.1, -0.05) is 13.8 Å². The van der Waals surface area contributed by atoms with Crippen molar-refractivity contribution in [3.8, 4) is 11.5 Å². The van der Waals surface area contributed by atoms with E-state index in [4.69, 9.17) is 14.0 Å². The second-order valence-corrected chi connectivity index (χ2v) is 8.00. The van der Waals surface area contributed by atoms with Crippen molar-refractivity contribution in [2.45, 2.75) is 26.3 Å². The van der Waals surface area contributed by atoms with Gasteiger partial charge in [0, 0.05) is 12.7 Å². The summed E-state index contributed by atoms with van der Waals surface area (Å²) in [6.07, 6.45) is 0.292. The number of carbonyl (C=O) groups is 2. The van der Waals surface area contributed by atoms with Crippen molar-refractivity contribution in [2.75, 3.05) is 20.6 Å². The number of carbonyl (C=O) groups excluding carboxylic acids is 1. The van der Waals surface area contributed by atoms with Crippen LogP contribution in [0.2, 0.25) is 0 Å². The smallest absolute Gasteiger partial charge is 0.343 e. The van der Waals surface area contributed by atoms with Gasteiger partial charge in [0.15, 0.2) is 11.5 Å². The monoisotopic (exact) mass is 373 g/mol. The summed E-state index contributed by atoms with van der Waals surface area (Å²) in [6.45, 7) is 4.81. The van der Waals surface area contributed by atoms with Crippen LogP contribution in [0.1, 0.15) is 31.1 Å². The van der Waals surface area contributed by atoms with E-state index in [-0.39, 0.29) is 23.8 Å². The van der Waals surface area contributed by atoms with Gasteiger partial charge >= 0.3 is 13.5 Å². The number of methoxy groups -OCH3 is 2. The molecule has 1 aromatic carbocycles. The zero-order chi connectivity index (χ0) is 19.3. The molecule has 0 aromatic heterocycles. The van der Waals surface area contributed by atoms with E-state index in [0.29, 0.717) is 11.8 Å². The number of ether oxygens (including phenoxy) is 2. The fourth-order valence-electron chi connectivity index (χ4n) is 2.02. The number of hydrogen-bond acceptors (Lipinski definition) is 6. The lowest BCUT2D eigenvalue weighted by Gasteiger charge is -2.34. The lowest BCUT2D eigenvalue weighted by Crippen LogP contribution is -2.52. The molecule has 0 bridgehead atoms. The highest BCUT2D eigenvalue weighted by molar-refractivity contribution is 7.57. The molecule has 140 valence electrons. The van der Waals surface area contributed by atoms with Crippen LogP contribution in [0.4, 0.5) is 0 Å². The minimum Gasteiger partial charge on any atom is -0.493 e. The van der Waals surface area contributed by atoms with Crippen LogP contribution in [0, 0.1) is 5.92 Å². The summed E-state index contributed by atoms with van der Waals surface area (Å²) in [5.74, 6) is -1.23. The molecule has 8 nitrogen and oxygen atoms in total. The van der Waals surface area contributed by atoms with Gasteiger partial charge in [-0.3, -0.25) is 14.2 Å². The van der Waals surface area contributed by atoms with Crippen LogP contribution < -0.4 is 14.3 Å². The van der Waals surface area contributed by atoms with Gasteiger partial charge in [0.05, 0.1) is 7.11 Å². The topological polar surface area (TPSA) is 111 Å². The standard InChI is InChI=1S/C16H24NO7P/c1-11(2)16(3,15(19)20)17-25(21,10-22-4)24-13-7-6-12(9-18)8-14(13)23-5/h6-9,11H,10H2,1-5H3,(H,17,21)(H,19,20)/t16-,25?/m0/s1. The van der Waals surface area contributed by atoms with E-state index in [2.05, 4.69) is 5.09 Å². The molecule has 0 aliphatic carbocycles. The maximum absolute atomic E-state index is 13.2. The Morgan fingerprint density at radius 1 is 1.36 bits per heavy atom. The van der Waals surface area contributed by atoms with Crippen molar-refractivity contribution in [3.05, 3.63) is 23.8 Å². The van der Waals surface area contributed by atoms with Gasteiger partial charge in [-0.15, -0.1) is 0 Å². The first kappa shape index (κ1) is 21.2. The summed E-state index contributed by atoms with van der Waals surface area (Å²) in [5, 5.41) is 12.1. The van der Waals surface area contributed by atoms with Crippen molar-refractivity contribution in [3.63, 3.8) is 0 Å². The largest absolute Gasteiger partial charge is 0.493 e. The summed E-state index contributed by atoms with van der Waals surface area (Å²) < 4.78 is 28.9. The Balaban J connectivity index is 3.25. The molecule has 1 unspecified atom stereocenters. The highest BCUT2D eigenvalue weighted by Gasteiger charge is 2.44. The predicted octanol–water partition coefficient (Wildman–Crippen LogP) is 2.77. The van der Waals surface area contributed by atoms with E-state index in [9.17, 15) is 19.3 Å². The molecule has 1 aromatic rings. The van der Waals surface area contributed by atoms with E-state index in [1.165, 1.54) is 39.3 Å². The number of benzene rings is 1. The Kier molecular flexibility index (Phi) is 7.17. The molecule has 0 aliphatic heterocycles. The molecule has 0 spiro atoms. The second kappa shape index (κ2) is 8.47. The number of carboxylic acids is 1. The van der Waals surface area contributed by atoms with Gasteiger partial charge in [0.1, 0.15) is 18.2 Å². The summed E-state index contributed by atoms with van der Waals surface area (Å²) in [6, 6.07) is 4.33. The molecule has 0 saturated carbocycles. The van der Waals surface area contributed by atoms with Crippen molar-refractivity contribution in [1.82, 2.24) is 5.09 Å². The number of aliphatic carboxylic acids is 1. The molecule has 9 heteroatoms. The summed E-state index contributed by atoms with van der Waals surface area (Å²) in [7, 11) is -1.05. The van der Waals surface area contributed by atoms with Gasteiger partial charge in [-0.25, -0.2) is 5.09 Å². The molecule has 0 aliphatic rings. The van der Waals surface area contributed by atoms with Crippen LogP contribution in [0.15, 0.2) is 18.2 Å². The molecule has 2 atom stereocenters. The lowest BCUT2D eigenvalue weighted by molar-refractivity contribution is -0.145. The second-order valence-electron chi connectivity index (χ2n) is 5.98. The van der Waals surface area contributed by atoms with Crippen molar-refractivity contribution in [1.29, 1.82) is 0 Å². The summed E-state index contributed by atoms with van der Waals surface area (Å²) in [4.78, 5) is 22.5. The summed E-state index contributed by atoms with van der Waals surface area (Å²) in [5.41, 5.74) is -1.14.